The summed E-state index contributed by atoms with van der Waals surface area (Å²) in [5.74, 6) is 0. The molecule has 0 bridgehead atoms. The Morgan fingerprint density at radius 3 is 2.08 bits per heavy atom. The van der Waals surface area contributed by atoms with Gasteiger partial charge in [-0.05, 0) is 12.0 Å². The Labute approximate surface area is 84.5 Å². The highest BCUT2D eigenvalue weighted by molar-refractivity contribution is 6.46. The molecule has 0 radical (unpaired) electrons. The molecule has 0 aromatic carbocycles. The van der Waals surface area contributed by atoms with Gasteiger partial charge < -0.3 is 8.85 Å². The molecule has 0 spiro atoms. The van der Waals surface area contributed by atoms with Crippen LogP contribution in [0.1, 0.15) is 46.0 Å². The first-order chi connectivity index (χ1) is 6.29. The molecule has 2 nitrogen and oxygen atoms in total. The van der Waals surface area contributed by atoms with Crippen molar-refractivity contribution in [3.8, 4) is 0 Å². The van der Waals surface area contributed by atoms with Crippen LogP contribution < -0.4 is 0 Å². The lowest BCUT2D eigenvalue weighted by Gasteiger charge is -2.21. The summed E-state index contributed by atoms with van der Waals surface area (Å²) in [6.07, 6.45) is 6.43. The number of rotatable bonds is 8. The Morgan fingerprint density at radius 1 is 1.08 bits per heavy atom. The van der Waals surface area contributed by atoms with Crippen LogP contribution in [0.2, 0.25) is 5.54 Å². The molecule has 1 atom stereocenters. The minimum absolute atomic E-state index is 0.696. The summed E-state index contributed by atoms with van der Waals surface area (Å²) in [7, 11) is 2.21. The molecule has 0 saturated heterocycles. The van der Waals surface area contributed by atoms with Crippen LogP contribution in [0.15, 0.2) is 0 Å². The van der Waals surface area contributed by atoms with Crippen molar-refractivity contribution in [2.24, 2.45) is 0 Å². The first kappa shape index (κ1) is 13.1. The first-order valence-corrected chi connectivity index (χ1v) is 6.96. The van der Waals surface area contributed by atoms with Crippen molar-refractivity contribution >= 4 is 9.28 Å². The normalized spacial score (nSPS) is 13.6. The maximum Gasteiger partial charge on any atom is 0.324 e. The van der Waals surface area contributed by atoms with E-state index in [1.807, 2.05) is 0 Å². The summed E-state index contributed by atoms with van der Waals surface area (Å²) >= 11 is 0. The van der Waals surface area contributed by atoms with Gasteiger partial charge in [-0.25, -0.2) is 0 Å². The van der Waals surface area contributed by atoms with Gasteiger partial charge in [0.1, 0.15) is 0 Å². The number of hydrogen-bond donors (Lipinski definition) is 0. The lowest BCUT2D eigenvalue weighted by molar-refractivity contribution is 0.260. The van der Waals surface area contributed by atoms with Crippen molar-refractivity contribution in [3.63, 3.8) is 0 Å². The van der Waals surface area contributed by atoms with Crippen molar-refractivity contribution in [3.05, 3.63) is 0 Å². The second-order valence-electron chi connectivity index (χ2n) is 3.50. The summed E-state index contributed by atoms with van der Waals surface area (Å²) in [6.45, 7) is 4.47. The van der Waals surface area contributed by atoms with Gasteiger partial charge in [0.25, 0.3) is 0 Å². The molecule has 0 aromatic heterocycles. The highest BCUT2D eigenvalue weighted by atomic mass is 28.3. The SMILES string of the molecule is CCCCCC(CC)[SiH](OC)OC. The lowest BCUT2D eigenvalue weighted by Crippen LogP contribution is -2.25. The predicted molar refractivity (Wildman–Crippen MR) is 59.4 cm³/mol. The van der Waals surface area contributed by atoms with Gasteiger partial charge in [0.05, 0.1) is 0 Å². The summed E-state index contributed by atoms with van der Waals surface area (Å²) in [4.78, 5) is 0. The zero-order valence-electron chi connectivity index (χ0n) is 9.51. The average molecular weight is 204 g/mol. The number of unbranched alkanes of at least 4 members (excludes halogenated alkanes) is 2. The molecule has 0 heterocycles. The van der Waals surface area contributed by atoms with Crippen LogP contribution in [0.5, 0.6) is 0 Å². The maximum absolute atomic E-state index is 5.40. The molecule has 3 heteroatoms. The third-order valence-corrected chi connectivity index (χ3v) is 5.06. The summed E-state index contributed by atoms with van der Waals surface area (Å²) in [6, 6.07) is 0. The monoisotopic (exact) mass is 204 g/mol. The molecule has 0 aliphatic carbocycles. The molecular weight excluding hydrogens is 180 g/mol. The Kier molecular flexibility index (Phi) is 8.81. The van der Waals surface area contributed by atoms with Crippen LogP contribution in [0, 0.1) is 0 Å². The average Bonchev–Trinajstić information content (AvgIpc) is 2.17. The minimum Gasteiger partial charge on any atom is -0.400 e. The summed E-state index contributed by atoms with van der Waals surface area (Å²) in [5, 5.41) is 0. The van der Waals surface area contributed by atoms with Crippen LogP contribution in [-0.2, 0) is 8.85 Å². The van der Waals surface area contributed by atoms with Crippen LogP contribution in [0.3, 0.4) is 0 Å². The van der Waals surface area contributed by atoms with Crippen LogP contribution in [0.4, 0.5) is 0 Å². The van der Waals surface area contributed by atoms with Crippen LogP contribution in [-0.4, -0.2) is 23.5 Å². The van der Waals surface area contributed by atoms with E-state index in [1.165, 1.54) is 32.1 Å². The molecule has 0 aromatic rings. The van der Waals surface area contributed by atoms with Gasteiger partial charge in [0.15, 0.2) is 0 Å². The maximum atomic E-state index is 5.40. The molecule has 0 aliphatic rings. The summed E-state index contributed by atoms with van der Waals surface area (Å²) < 4.78 is 10.8. The van der Waals surface area contributed by atoms with Gasteiger partial charge in [0, 0.05) is 14.2 Å². The van der Waals surface area contributed by atoms with Crippen molar-refractivity contribution in [1.29, 1.82) is 0 Å². The Morgan fingerprint density at radius 2 is 1.69 bits per heavy atom. The van der Waals surface area contributed by atoms with E-state index < -0.39 is 9.28 Å². The molecular formula is C10H24O2Si. The molecule has 0 aliphatic heterocycles. The van der Waals surface area contributed by atoms with E-state index in [1.54, 1.807) is 14.2 Å². The largest absolute Gasteiger partial charge is 0.400 e. The standard InChI is InChI=1S/C10H24O2Si/c1-5-7-8-9-10(6-2)13(11-3)12-4/h10,13H,5-9H2,1-4H3. The van der Waals surface area contributed by atoms with E-state index in [-0.39, 0.29) is 0 Å². The predicted octanol–water partition coefficient (Wildman–Crippen LogP) is 2.86. The fourth-order valence-electron chi connectivity index (χ4n) is 1.67. The lowest BCUT2D eigenvalue weighted by atomic mass is 10.1. The van der Waals surface area contributed by atoms with E-state index >= 15 is 0 Å². The van der Waals surface area contributed by atoms with E-state index in [0.29, 0.717) is 5.54 Å². The van der Waals surface area contributed by atoms with E-state index in [0.717, 1.165) is 0 Å². The second kappa shape index (κ2) is 8.72. The smallest absolute Gasteiger partial charge is 0.324 e. The van der Waals surface area contributed by atoms with Crippen molar-refractivity contribution in [2.45, 2.75) is 51.5 Å². The zero-order chi connectivity index (χ0) is 10.1. The Bertz CT molecular complexity index is 105. The quantitative estimate of drug-likeness (QED) is 0.447. The van der Waals surface area contributed by atoms with Crippen molar-refractivity contribution in [2.75, 3.05) is 14.2 Å². The third kappa shape index (κ3) is 5.44. The van der Waals surface area contributed by atoms with Gasteiger partial charge in [0.2, 0.25) is 0 Å². The van der Waals surface area contributed by atoms with Crippen molar-refractivity contribution in [1.82, 2.24) is 0 Å². The zero-order valence-corrected chi connectivity index (χ0v) is 10.7. The van der Waals surface area contributed by atoms with Gasteiger partial charge in [-0.15, -0.1) is 0 Å². The highest BCUT2D eigenvalue weighted by Crippen LogP contribution is 2.23. The highest BCUT2D eigenvalue weighted by Gasteiger charge is 2.21. The van der Waals surface area contributed by atoms with E-state index in [2.05, 4.69) is 13.8 Å². The Balaban J connectivity index is 3.71. The van der Waals surface area contributed by atoms with Crippen LogP contribution in [0.25, 0.3) is 0 Å². The molecule has 1 unspecified atom stereocenters. The third-order valence-electron chi connectivity index (χ3n) is 2.55. The minimum atomic E-state index is -1.35. The van der Waals surface area contributed by atoms with Gasteiger partial charge in [-0.1, -0.05) is 39.5 Å². The molecule has 0 N–H and O–H groups in total. The van der Waals surface area contributed by atoms with Gasteiger partial charge >= 0.3 is 9.28 Å². The molecule has 13 heavy (non-hydrogen) atoms. The number of hydrogen-bond acceptors (Lipinski definition) is 2. The van der Waals surface area contributed by atoms with Gasteiger partial charge in [-0.3, -0.25) is 0 Å². The molecule has 0 amide bonds. The topological polar surface area (TPSA) is 18.5 Å². The molecule has 0 rings (SSSR count). The fourth-order valence-corrected chi connectivity index (χ4v) is 3.53. The molecule has 0 fully saturated rings. The van der Waals surface area contributed by atoms with E-state index in [4.69, 9.17) is 8.85 Å². The van der Waals surface area contributed by atoms with E-state index in [9.17, 15) is 0 Å². The Hall–Kier alpha value is 0.137. The first-order valence-electron chi connectivity index (χ1n) is 5.35. The van der Waals surface area contributed by atoms with Crippen LogP contribution >= 0.6 is 0 Å². The fraction of sp³-hybridized carbons (Fsp3) is 1.00. The van der Waals surface area contributed by atoms with Crippen molar-refractivity contribution < 1.29 is 8.85 Å². The molecule has 80 valence electrons. The van der Waals surface area contributed by atoms with Gasteiger partial charge in [-0.2, -0.15) is 0 Å². The summed E-state index contributed by atoms with van der Waals surface area (Å²) in [5.41, 5.74) is 0.696. The second-order valence-corrected chi connectivity index (χ2v) is 6.13. The molecule has 0 saturated carbocycles.